The normalized spacial score (nSPS) is 9.90. The minimum Gasteiger partial charge on any atom is -0.492 e. The van der Waals surface area contributed by atoms with Gasteiger partial charge >= 0.3 is 0 Å². The zero-order chi connectivity index (χ0) is 14.9. The van der Waals surface area contributed by atoms with Crippen LogP contribution in [0.25, 0.3) is 0 Å². The summed E-state index contributed by atoms with van der Waals surface area (Å²) in [5.41, 5.74) is 1.01. The van der Waals surface area contributed by atoms with Crippen LogP contribution in [0.3, 0.4) is 0 Å². The number of hydrogen-bond acceptors (Lipinski definition) is 3. The predicted molar refractivity (Wildman–Crippen MR) is 85.8 cm³/mol. The van der Waals surface area contributed by atoms with E-state index in [2.05, 4.69) is 11.0 Å². The van der Waals surface area contributed by atoms with Crippen molar-refractivity contribution in [1.29, 1.82) is 5.26 Å². The Balaban J connectivity index is 1.95. The molecule has 0 N–H and O–H groups in total. The highest BCUT2D eigenvalue weighted by Gasteiger charge is 2.07. The number of benzene rings is 2. The molecule has 0 aliphatic rings. The molecule has 0 bridgehead atoms. The van der Waals surface area contributed by atoms with E-state index in [1.54, 1.807) is 0 Å². The quantitative estimate of drug-likeness (QED) is 0.771. The highest BCUT2D eigenvalue weighted by molar-refractivity contribution is 6.30. The third kappa shape index (κ3) is 5.02. The largest absolute Gasteiger partial charge is 0.492 e. The molecule has 0 spiro atoms. The van der Waals surface area contributed by atoms with Gasteiger partial charge in [0.05, 0.1) is 19.0 Å². The van der Waals surface area contributed by atoms with Gasteiger partial charge in [0.1, 0.15) is 12.4 Å². The molecule has 0 aromatic heterocycles. The van der Waals surface area contributed by atoms with Crippen molar-refractivity contribution in [3.8, 4) is 11.8 Å². The summed E-state index contributed by atoms with van der Waals surface area (Å²) in [6, 6.07) is 19.5. The van der Waals surface area contributed by atoms with Crippen LogP contribution in [0.15, 0.2) is 54.6 Å². The van der Waals surface area contributed by atoms with Gasteiger partial charge in [-0.25, -0.2) is 0 Å². The molecule has 0 fully saturated rings. The second-order valence-corrected chi connectivity index (χ2v) is 4.97. The van der Waals surface area contributed by atoms with Crippen LogP contribution in [0.2, 0.25) is 5.02 Å². The first-order valence-electron chi connectivity index (χ1n) is 6.85. The fraction of sp³-hybridized carbons (Fsp3) is 0.235. The highest BCUT2D eigenvalue weighted by atomic mass is 35.5. The van der Waals surface area contributed by atoms with E-state index in [9.17, 15) is 0 Å². The molecule has 0 radical (unpaired) electrons. The number of nitriles is 1. The molecule has 0 saturated carbocycles. The lowest BCUT2D eigenvalue weighted by molar-refractivity contribution is 0.324. The van der Waals surface area contributed by atoms with Crippen molar-refractivity contribution in [2.45, 2.75) is 6.42 Å². The first kappa shape index (κ1) is 15.2. The maximum absolute atomic E-state index is 8.79. The van der Waals surface area contributed by atoms with E-state index >= 15 is 0 Å². The number of para-hydroxylation sites is 1. The summed E-state index contributed by atoms with van der Waals surface area (Å²) < 4.78 is 5.71. The summed E-state index contributed by atoms with van der Waals surface area (Å²) in [5, 5.41) is 9.48. The average Bonchev–Trinajstić information content (AvgIpc) is 2.51. The van der Waals surface area contributed by atoms with Gasteiger partial charge in [0.2, 0.25) is 0 Å². The number of rotatable bonds is 7. The molecule has 108 valence electrons. The fourth-order valence-electron chi connectivity index (χ4n) is 2.02. The third-order valence-corrected chi connectivity index (χ3v) is 3.28. The van der Waals surface area contributed by atoms with Crippen LogP contribution in [-0.4, -0.2) is 19.7 Å². The van der Waals surface area contributed by atoms with E-state index in [0.29, 0.717) is 31.1 Å². The molecule has 0 heterocycles. The van der Waals surface area contributed by atoms with Crippen molar-refractivity contribution >= 4 is 17.3 Å². The molecular weight excluding hydrogens is 284 g/mol. The van der Waals surface area contributed by atoms with Crippen LogP contribution in [0.5, 0.6) is 5.75 Å². The molecule has 0 unspecified atom stereocenters. The van der Waals surface area contributed by atoms with E-state index in [-0.39, 0.29) is 0 Å². The first-order valence-corrected chi connectivity index (χ1v) is 7.23. The lowest BCUT2D eigenvalue weighted by Gasteiger charge is -2.24. The van der Waals surface area contributed by atoms with E-state index in [1.165, 1.54) is 0 Å². The molecule has 2 aromatic rings. The SMILES string of the molecule is N#CCCN(CCOc1ccccc1)c1cccc(Cl)c1. The van der Waals surface area contributed by atoms with Crippen molar-refractivity contribution in [3.63, 3.8) is 0 Å². The zero-order valence-electron chi connectivity index (χ0n) is 11.7. The minimum absolute atomic E-state index is 0.470. The molecule has 4 heteroatoms. The van der Waals surface area contributed by atoms with Crippen LogP contribution in [0.1, 0.15) is 6.42 Å². The molecule has 0 amide bonds. The van der Waals surface area contributed by atoms with Gasteiger partial charge in [-0.05, 0) is 30.3 Å². The number of anilines is 1. The van der Waals surface area contributed by atoms with Crippen molar-refractivity contribution in [3.05, 3.63) is 59.6 Å². The zero-order valence-corrected chi connectivity index (χ0v) is 12.5. The Morgan fingerprint density at radius 2 is 1.86 bits per heavy atom. The van der Waals surface area contributed by atoms with Gasteiger partial charge in [-0.3, -0.25) is 0 Å². The summed E-state index contributed by atoms with van der Waals surface area (Å²) in [5.74, 6) is 0.851. The molecule has 0 aliphatic carbocycles. The van der Waals surface area contributed by atoms with Crippen molar-refractivity contribution in [1.82, 2.24) is 0 Å². The van der Waals surface area contributed by atoms with Gasteiger partial charge in [-0.2, -0.15) is 5.26 Å². The lowest BCUT2D eigenvalue weighted by Crippen LogP contribution is -2.29. The second-order valence-electron chi connectivity index (χ2n) is 4.54. The molecule has 2 aromatic carbocycles. The van der Waals surface area contributed by atoms with Crippen molar-refractivity contribution in [2.75, 3.05) is 24.6 Å². The van der Waals surface area contributed by atoms with E-state index in [4.69, 9.17) is 21.6 Å². The number of halogens is 1. The standard InChI is InChI=1S/C17H17ClN2O/c18-15-6-4-7-16(14-15)20(11-5-10-19)12-13-21-17-8-2-1-3-9-17/h1-4,6-9,14H,5,11-13H2. The van der Waals surface area contributed by atoms with E-state index in [0.717, 1.165) is 11.4 Å². The second kappa shape index (κ2) is 8.18. The Morgan fingerprint density at radius 1 is 1.05 bits per heavy atom. The van der Waals surface area contributed by atoms with E-state index in [1.807, 2.05) is 54.6 Å². The van der Waals surface area contributed by atoms with Gasteiger partial charge in [0.25, 0.3) is 0 Å². The van der Waals surface area contributed by atoms with E-state index < -0.39 is 0 Å². The topological polar surface area (TPSA) is 36.3 Å². The molecule has 3 nitrogen and oxygen atoms in total. The summed E-state index contributed by atoms with van der Waals surface area (Å²) >= 11 is 6.03. The highest BCUT2D eigenvalue weighted by Crippen LogP contribution is 2.19. The molecule has 0 saturated heterocycles. The van der Waals surface area contributed by atoms with Crippen molar-refractivity contribution in [2.24, 2.45) is 0 Å². The molecule has 0 atom stereocenters. The molecular formula is C17H17ClN2O. The Kier molecular flexibility index (Phi) is 5.93. The Labute approximate surface area is 130 Å². The maximum atomic E-state index is 8.79. The van der Waals surface area contributed by atoms with Crippen LogP contribution in [0, 0.1) is 11.3 Å². The van der Waals surface area contributed by atoms with Crippen molar-refractivity contribution < 1.29 is 4.74 Å². The number of nitrogens with zero attached hydrogens (tertiary/aromatic N) is 2. The maximum Gasteiger partial charge on any atom is 0.119 e. The first-order chi connectivity index (χ1) is 10.3. The van der Waals surface area contributed by atoms with Crippen LogP contribution < -0.4 is 9.64 Å². The molecule has 2 rings (SSSR count). The average molecular weight is 301 g/mol. The number of ether oxygens (including phenoxy) is 1. The summed E-state index contributed by atoms with van der Waals surface area (Å²) in [6.07, 6.45) is 0.470. The van der Waals surface area contributed by atoms with Gasteiger partial charge in [0, 0.05) is 17.3 Å². The summed E-state index contributed by atoms with van der Waals surface area (Å²) in [7, 11) is 0. The predicted octanol–water partition coefficient (Wildman–Crippen LogP) is 4.14. The molecule has 0 aliphatic heterocycles. The Hall–Kier alpha value is -2.18. The fourth-order valence-corrected chi connectivity index (χ4v) is 2.20. The summed E-state index contributed by atoms with van der Waals surface area (Å²) in [4.78, 5) is 2.11. The Morgan fingerprint density at radius 3 is 2.57 bits per heavy atom. The van der Waals surface area contributed by atoms with Gasteiger partial charge in [0.15, 0.2) is 0 Å². The summed E-state index contributed by atoms with van der Waals surface area (Å²) in [6.45, 7) is 1.92. The van der Waals surface area contributed by atoms with Gasteiger partial charge in [-0.1, -0.05) is 35.9 Å². The smallest absolute Gasteiger partial charge is 0.119 e. The third-order valence-electron chi connectivity index (χ3n) is 3.04. The van der Waals surface area contributed by atoms with Gasteiger partial charge in [-0.15, -0.1) is 0 Å². The monoisotopic (exact) mass is 300 g/mol. The van der Waals surface area contributed by atoms with Crippen LogP contribution in [0.4, 0.5) is 5.69 Å². The van der Waals surface area contributed by atoms with Gasteiger partial charge < -0.3 is 9.64 Å². The lowest BCUT2D eigenvalue weighted by atomic mass is 10.2. The minimum atomic E-state index is 0.470. The number of hydrogen-bond donors (Lipinski definition) is 0. The van der Waals surface area contributed by atoms with Crippen LogP contribution >= 0.6 is 11.6 Å². The molecule has 21 heavy (non-hydrogen) atoms. The Bertz CT molecular complexity index is 595. The van der Waals surface area contributed by atoms with Crippen LogP contribution in [-0.2, 0) is 0 Å².